The second-order valence-electron chi connectivity index (χ2n) is 5.86. The number of pyridine rings is 1. The van der Waals surface area contributed by atoms with Crippen LogP contribution in [0.25, 0.3) is 10.7 Å². The van der Waals surface area contributed by atoms with Crippen molar-refractivity contribution >= 4 is 17.3 Å². The van der Waals surface area contributed by atoms with Crippen molar-refractivity contribution in [1.29, 1.82) is 0 Å². The third-order valence-electron chi connectivity index (χ3n) is 4.04. The van der Waals surface area contributed by atoms with E-state index in [1.54, 1.807) is 10.9 Å². The van der Waals surface area contributed by atoms with Crippen LogP contribution >= 0.6 is 11.3 Å². The number of esters is 1. The lowest BCUT2D eigenvalue weighted by atomic mass is 10.2. The Morgan fingerprint density at radius 2 is 2.38 bits per heavy atom. The number of thiazole rings is 1. The molecule has 3 heterocycles. The summed E-state index contributed by atoms with van der Waals surface area (Å²) in [5.41, 5.74) is 2.69. The minimum absolute atomic E-state index is 0.0527. The molecule has 6 nitrogen and oxygen atoms in total. The summed E-state index contributed by atoms with van der Waals surface area (Å²) in [7, 11) is 1.88. The SMILES string of the molecule is Cn1cc([C@@H]2C[C@H]2C(=O)OCc2csc(-c3ccccn3)n2)cn1. The zero-order valence-corrected chi connectivity index (χ0v) is 13.9. The van der Waals surface area contributed by atoms with Crippen molar-refractivity contribution in [1.82, 2.24) is 19.7 Å². The number of rotatable bonds is 5. The van der Waals surface area contributed by atoms with Crippen LogP contribution in [0, 0.1) is 5.92 Å². The molecule has 1 aliphatic carbocycles. The summed E-state index contributed by atoms with van der Waals surface area (Å²) in [5.74, 6) is 0.0325. The predicted molar refractivity (Wildman–Crippen MR) is 89.2 cm³/mol. The summed E-state index contributed by atoms with van der Waals surface area (Å²) in [6.07, 6.45) is 6.35. The molecule has 4 rings (SSSR count). The normalized spacial score (nSPS) is 19.2. The van der Waals surface area contributed by atoms with E-state index < -0.39 is 0 Å². The van der Waals surface area contributed by atoms with Crippen LogP contribution in [0.15, 0.2) is 42.2 Å². The maximum Gasteiger partial charge on any atom is 0.309 e. The molecule has 1 fully saturated rings. The van der Waals surface area contributed by atoms with Crippen molar-refractivity contribution in [2.75, 3.05) is 0 Å². The molecule has 2 atom stereocenters. The van der Waals surface area contributed by atoms with Crippen LogP contribution in [0.3, 0.4) is 0 Å². The largest absolute Gasteiger partial charge is 0.459 e. The number of hydrogen-bond donors (Lipinski definition) is 0. The molecule has 0 bridgehead atoms. The van der Waals surface area contributed by atoms with Crippen LogP contribution in [0.4, 0.5) is 0 Å². The Kier molecular flexibility index (Phi) is 3.86. The Hall–Kier alpha value is -2.54. The molecule has 24 heavy (non-hydrogen) atoms. The topological polar surface area (TPSA) is 69.9 Å². The number of aromatic nitrogens is 4. The summed E-state index contributed by atoms with van der Waals surface area (Å²) >= 11 is 1.50. The average Bonchev–Trinajstić information content (AvgIpc) is 3.05. The Balaban J connectivity index is 1.33. The van der Waals surface area contributed by atoms with Gasteiger partial charge in [0.25, 0.3) is 0 Å². The van der Waals surface area contributed by atoms with Gasteiger partial charge in [-0.2, -0.15) is 5.10 Å². The molecular weight excluding hydrogens is 324 g/mol. The Morgan fingerprint density at radius 3 is 3.12 bits per heavy atom. The zero-order valence-electron chi connectivity index (χ0n) is 13.1. The number of carbonyl (C=O) groups excluding carboxylic acids is 1. The molecule has 1 aliphatic rings. The second-order valence-corrected chi connectivity index (χ2v) is 6.72. The lowest BCUT2D eigenvalue weighted by molar-refractivity contribution is -0.146. The van der Waals surface area contributed by atoms with Crippen molar-refractivity contribution < 1.29 is 9.53 Å². The van der Waals surface area contributed by atoms with E-state index in [0.717, 1.165) is 28.4 Å². The maximum atomic E-state index is 12.2. The molecular formula is C17H16N4O2S. The first-order chi connectivity index (χ1) is 11.7. The number of nitrogens with zero attached hydrogens (tertiary/aromatic N) is 4. The van der Waals surface area contributed by atoms with Crippen LogP contribution in [-0.4, -0.2) is 25.7 Å². The van der Waals surface area contributed by atoms with Crippen molar-refractivity contribution in [3.8, 4) is 10.7 Å². The van der Waals surface area contributed by atoms with E-state index in [1.807, 2.05) is 43.0 Å². The molecule has 0 amide bonds. The van der Waals surface area contributed by atoms with Crippen LogP contribution in [-0.2, 0) is 23.2 Å². The number of carbonyl (C=O) groups is 1. The Bertz CT molecular complexity index is 858. The number of aryl methyl sites for hydroxylation is 1. The summed E-state index contributed by atoms with van der Waals surface area (Å²) < 4.78 is 7.17. The minimum Gasteiger partial charge on any atom is -0.459 e. The third kappa shape index (κ3) is 3.07. The fraction of sp³-hybridized carbons (Fsp3) is 0.294. The highest BCUT2D eigenvalue weighted by molar-refractivity contribution is 7.13. The standard InChI is InChI=1S/C17H16N4O2S/c1-21-8-11(7-19-21)13-6-14(13)17(22)23-9-12-10-24-16(20-12)15-4-2-3-5-18-15/h2-5,7-8,10,13-14H,6,9H2,1H3/t13-,14+/m0/s1. The summed E-state index contributed by atoms with van der Waals surface area (Å²) in [4.78, 5) is 20.9. The van der Waals surface area contributed by atoms with E-state index in [-0.39, 0.29) is 24.4 Å². The lowest BCUT2D eigenvalue weighted by Gasteiger charge is -2.01. The van der Waals surface area contributed by atoms with Gasteiger partial charge in [0.1, 0.15) is 11.6 Å². The van der Waals surface area contributed by atoms with Crippen molar-refractivity contribution in [2.45, 2.75) is 18.9 Å². The van der Waals surface area contributed by atoms with E-state index in [2.05, 4.69) is 15.1 Å². The highest BCUT2D eigenvalue weighted by Crippen LogP contribution is 2.48. The van der Waals surface area contributed by atoms with Gasteiger partial charge in [0.05, 0.1) is 23.5 Å². The van der Waals surface area contributed by atoms with Gasteiger partial charge in [-0.3, -0.25) is 14.5 Å². The van der Waals surface area contributed by atoms with Gasteiger partial charge in [-0.25, -0.2) is 4.98 Å². The third-order valence-corrected chi connectivity index (χ3v) is 4.96. The quantitative estimate of drug-likeness (QED) is 0.668. The molecule has 0 spiro atoms. The Labute approximate surface area is 143 Å². The molecule has 0 aromatic carbocycles. The molecule has 0 aliphatic heterocycles. The van der Waals surface area contributed by atoms with Crippen molar-refractivity contribution in [3.05, 3.63) is 53.4 Å². The van der Waals surface area contributed by atoms with Crippen LogP contribution in [0.1, 0.15) is 23.6 Å². The summed E-state index contributed by atoms with van der Waals surface area (Å²) in [6.45, 7) is 0.207. The smallest absolute Gasteiger partial charge is 0.309 e. The average molecular weight is 340 g/mol. The van der Waals surface area contributed by atoms with Gasteiger partial charge in [-0.05, 0) is 24.1 Å². The summed E-state index contributed by atoms with van der Waals surface area (Å²) in [5, 5.41) is 6.89. The second kappa shape index (κ2) is 6.16. The van der Waals surface area contributed by atoms with Crippen LogP contribution < -0.4 is 0 Å². The first kappa shape index (κ1) is 15.0. The molecule has 3 aromatic rings. The van der Waals surface area contributed by atoms with Gasteiger partial charge in [0.2, 0.25) is 0 Å². The molecule has 122 valence electrons. The number of ether oxygens (including phenoxy) is 1. The maximum absolute atomic E-state index is 12.2. The zero-order chi connectivity index (χ0) is 16.5. The lowest BCUT2D eigenvalue weighted by Crippen LogP contribution is -2.08. The van der Waals surface area contributed by atoms with Gasteiger partial charge in [0, 0.05) is 30.7 Å². The van der Waals surface area contributed by atoms with Gasteiger partial charge in [-0.15, -0.1) is 11.3 Å². The molecule has 3 aromatic heterocycles. The molecule has 0 radical (unpaired) electrons. The van der Waals surface area contributed by atoms with Crippen molar-refractivity contribution in [2.24, 2.45) is 13.0 Å². The molecule has 7 heteroatoms. The van der Waals surface area contributed by atoms with Gasteiger partial charge in [0.15, 0.2) is 0 Å². The molecule has 0 saturated heterocycles. The predicted octanol–water partition coefficient (Wildman–Crippen LogP) is 2.79. The number of hydrogen-bond acceptors (Lipinski definition) is 6. The molecule has 0 unspecified atom stereocenters. The van der Waals surface area contributed by atoms with E-state index in [0.29, 0.717) is 0 Å². The Morgan fingerprint density at radius 1 is 1.46 bits per heavy atom. The monoisotopic (exact) mass is 340 g/mol. The van der Waals surface area contributed by atoms with Gasteiger partial charge >= 0.3 is 5.97 Å². The van der Waals surface area contributed by atoms with Crippen LogP contribution in [0.5, 0.6) is 0 Å². The van der Waals surface area contributed by atoms with E-state index in [1.165, 1.54) is 11.3 Å². The highest BCUT2D eigenvalue weighted by atomic mass is 32.1. The first-order valence-electron chi connectivity index (χ1n) is 7.71. The van der Waals surface area contributed by atoms with E-state index >= 15 is 0 Å². The molecule has 0 N–H and O–H groups in total. The minimum atomic E-state index is -0.156. The summed E-state index contributed by atoms with van der Waals surface area (Å²) in [6, 6.07) is 5.71. The van der Waals surface area contributed by atoms with Crippen molar-refractivity contribution in [3.63, 3.8) is 0 Å². The highest BCUT2D eigenvalue weighted by Gasteiger charge is 2.45. The van der Waals surface area contributed by atoms with Gasteiger partial charge in [-0.1, -0.05) is 6.07 Å². The fourth-order valence-corrected chi connectivity index (χ4v) is 3.47. The fourth-order valence-electron chi connectivity index (χ4n) is 2.69. The first-order valence-corrected chi connectivity index (χ1v) is 8.59. The van der Waals surface area contributed by atoms with Gasteiger partial charge < -0.3 is 4.74 Å². The molecule has 1 saturated carbocycles. The van der Waals surface area contributed by atoms with Crippen LogP contribution in [0.2, 0.25) is 0 Å². The van der Waals surface area contributed by atoms with E-state index in [4.69, 9.17) is 4.74 Å². The van der Waals surface area contributed by atoms with E-state index in [9.17, 15) is 4.79 Å².